The number of ether oxygens (including phenoxy) is 2. The van der Waals surface area contributed by atoms with Crippen LogP contribution in [0, 0.1) is 6.92 Å². The summed E-state index contributed by atoms with van der Waals surface area (Å²) in [5.74, 6) is 0.778. The molecular formula is C29H41NO2S. The van der Waals surface area contributed by atoms with Crippen LogP contribution < -0.4 is 9.47 Å². The lowest BCUT2D eigenvalue weighted by atomic mass is 9.94. The van der Waals surface area contributed by atoms with E-state index in [2.05, 4.69) is 80.2 Å². The standard InChI is InChI=1S/C24H29NO2S.C3H6.C2H6/c1-4-19(5-2)24(20-11-9-18(3)10-12-20)26-22-14-13-21(17-23(22)27-24)28-25-15-7-6-8-16-25;1-3-2;1-2/h4,9-14,17H,5-8,15-16H2,1-3H3;3H,1H2,2H3;1-2H3/b19-4+;;. The number of hydrogen-bond donors (Lipinski definition) is 0. The SMILES string of the molecule is C/C=C(\CC)C1(c2ccc(C)cc2)Oc2ccc(SN3CCCCC3)cc2O1.C=CC.CC. The first kappa shape index (κ1) is 27.1. The number of rotatable bonds is 5. The van der Waals surface area contributed by atoms with E-state index in [1.165, 1.54) is 29.7 Å². The third-order valence-electron chi connectivity index (χ3n) is 5.56. The van der Waals surface area contributed by atoms with Crippen LogP contribution >= 0.6 is 11.9 Å². The minimum absolute atomic E-state index is 0.816. The highest BCUT2D eigenvalue weighted by molar-refractivity contribution is 7.97. The third-order valence-corrected chi connectivity index (χ3v) is 6.64. The van der Waals surface area contributed by atoms with Crippen molar-refractivity contribution in [3.05, 3.63) is 77.9 Å². The summed E-state index contributed by atoms with van der Waals surface area (Å²) in [7, 11) is 0. The zero-order valence-electron chi connectivity index (χ0n) is 21.3. The summed E-state index contributed by atoms with van der Waals surface area (Å²) in [4.78, 5) is 1.21. The van der Waals surface area contributed by atoms with Gasteiger partial charge in [0.15, 0.2) is 11.5 Å². The highest BCUT2D eigenvalue weighted by Crippen LogP contribution is 2.49. The zero-order valence-corrected chi connectivity index (χ0v) is 22.1. The van der Waals surface area contributed by atoms with Crippen molar-refractivity contribution in [2.45, 2.75) is 77.9 Å². The van der Waals surface area contributed by atoms with Gasteiger partial charge in [-0.3, -0.25) is 0 Å². The van der Waals surface area contributed by atoms with Gasteiger partial charge in [-0.05, 0) is 70.2 Å². The van der Waals surface area contributed by atoms with Gasteiger partial charge in [-0.2, -0.15) is 0 Å². The lowest BCUT2D eigenvalue weighted by Gasteiger charge is -2.30. The maximum atomic E-state index is 6.57. The van der Waals surface area contributed by atoms with Crippen LogP contribution in [-0.2, 0) is 5.79 Å². The second-order valence-corrected chi connectivity index (χ2v) is 9.12. The topological polar surface area (TPSA) is 21.7 Å². The van der Waals surface area contributed by atoms with Gasteiger partial charge in [0.25, 0.3) is 0 Å². The maximum Gasteiger partial charge on any atom is 0.301 e. The average Bonchev–Trinajstić information content (AvgIpc) is 3.22. The van der Waals surface area contributed by atoms with Gasteiger partial charge in [-0.15, -0.1) is 6.58 Å². The van der Waals surface area contributed by atoms with Gasteiger partial charge in [0, 0.05) is 29.1 Å². The molecule has 33 heavy (non-hydrogen) atoms. The Balaban J connectivity index is 0.000000714. The lowest BCUT2D eigenvalue weighted by molar-refractivity contribution is -0.0523. The summed E-state index contributed by atoms with van der Waals surface area (Å²) in [5.41, 5.74) is 3.40. The van der Waals surface area contributed by atoms with Crippen LogP contribution in [0.1, 0.15) is 71.4 Å². The Morgan fingerprint density at radius 1 is 1.00 bits per heavy atom. The van der Waals surface area contributed by atoms with E-state index in [-0.39, 0.29) is 0 Å². The fraction of sp³-hybridized carbons (Fsp3) is 0.448. The van der Waals surface area contributed by atoms with E-state index >= 15 is 0 Å². The fourth-order valence-electron chi connectivity index (χ4n) is 3.98. The first-order valence-electron chi connectivity index (χ1n) is 12.3. The van der Waals surface area contributed by atoms with Crippen LogP contribution in [0.4, 0.5) is 0 Å². The number of piperidine rings is 1. The highest BCUT2D eigenvalue weighted by Gasteiger charge is 2.46. The van der Waals surface area contributed by atoms with Crippen molar-refractivity contribution in [1.29, 1.82) is 0 Å². The first-order valence-corrected chi connectivity index (χ1v) is 13.1. The molecule has 0 spiro atoms. The lowest BCUT2D eigenvalue weighted by Crippen LogP contribution is -2.37. The number of fused-ring (bicyclic) bond motifs is 1. The van der Waals surface area contributed by atoms with E-state index < -0.39 is 5.79 Å². The smallest absolute Gasteiger partial charge is 0.301 e. The van der Waals surface area contributed by atoms with Gasteiger partial charge in [-0.1, -0.05) is 69.2 Å². The van der Waals surface area contributed by atoms with Crippen molar-refractivity contribution < 1.29 is 9.47 Å². The largest absolute Gasteiger partial charge is 0.441 e. The normalized spacial score (nSPS) is 19.6. The van der Waals surface area contributed by atoms with Gasteiger partial charge in [-0.25, -0.2) is 4.31 Å². The van der Waals surface area contributed by atoms with Gasteiger partial charge < -0.3 is 9.47 Å². The van der Waals surface area contributed by atoms with Crippen LogP contribution in [0.25, 0.3) is 0 Å². The van der Waals surface area contributed by atoms with E-state index in [4.69, 9.17) is 9.47 Å². The van der Waals surface area contributed by atoms with Crippen LogP contribution in [0.3, 0.4) is 0 Å². The quantitative estimate of drug-likeness (QED) is 0.324. The summed E-state index contributed by atoms with van der Waals surface area (Å²) in [6.07, 6.45) is 8.66. The fourth-order valence-corrected chi connectivity index (χ4v) is 5.01. The molecule has 2 aliphatic rings. The Bertz CT molecular complexity index is 900. The molecule has 0 N–H and O–H groups in total. The monoisotopic (exact) mass is 467 g/mol. The molecular weight excluding hydrogens is 426 g/mol. The van der Waals surface area contributed by atoms with E-state index in [0.717, 1.165) is 42.1 Å². The van der Waals surface area contributed by atoms with Crippen molar-refractivity contribution in [1.82, 2.24) is 4.31 Å². The molecule has 1 saturated heterocycles. The van der Waals surface area contributed by atoms with E-state index in [9.17, 15) is 0 Å². The molecule has 0 saturated carbocycles. The van der Waals surface area contributed by atoms with Crippen LogP contribution in [0.15, 0.2) is 71.7 Å². The van der Waals surface area contributed by atoms with Crippen LogP contribution in [-0.4, -0.2) is 17.4 Å². The molecule has 0 aliphatic carbocycles. The number of hydrogen-bond acceptors (Lipinski definition) is 4. The second-order valence-electron chi connectivity index (χ2n) is 7.95. The van der Waals surface area contributed by atoms with Gasteiger partial charge >= 0.3 is 5.79 Å². The molecule has 1 fully saturated rings. The van der Waals surface area contributed by atoms with Gasteiger partial charge in [0.2, 0.25) is 0 Å². The first-order chi connectivity index (χ1) is 16.1. The van der Waals surface area contributed by atoms with Crippen molar-refractivity contribution in [2.24, 2.45) is 0 Å². The molecule has 4 heteroatoms. The average molecular weight is 468 g/mol. The molecule has 2 aliphatic heterocycles. The Hall–Kier alpha value is -2.17. The predicted octanol–water partition coefficient (Wildman–Crippen LogP) is 8.69. The number of benzene rings is 2. The van der Waals surface area contributed by atoms with E-state index in [1.54, 1.807) is 6.08 Å². The predicted molar refractivity (Wildman–Crippen MR) is 143 cm³/mol. The third kappa shape index (κ3) is 6.68. The minimum atomic E-state index is -0.867. The molecule has 1 atom stereocenters. The summed E-state index contributed by atoms with van der Waals surface area (Å²) in [5, 5.41) is 0. The molecule has 0 radical (unpaired) electrons. The molecule has 1 unspecified atom stereocenters. The Kier molecular flexibility index (Phi) is 11.1. The summed E-state index contributed by atoms with van der Waals surface area (Å²) in [6, 6.07) is 14.8. The number of allylic oxidation sites excluding steroid dienone is 2. The van der Waals surface area contributed by atoms with Crippen molar-refractivity contribution in [3.63, 3.8) is 0 Å². The van der Waals surface area contributed by atoms with Crippen LogP contribution in [0.2, 0.25) is 0 Å². The Labute approximate surface area is 206 Å². The zero-order chi connectivity index (χ0) is 24.3. The number of nitrogens with zero attached hydrogens (tertiary/aromatic N) is 1. The molecule has 0 aromatic heterocycles. The molecule has 0 bridgehead atoms. The summed E-state index contributed by atoms with van der Waals surface area (Å²) >= 11 is 1.83. The molecule has 3 nitrogen and oxygen atoms in total. The minimum Gasteiger partial charge on any atom is -0.441 e. The van der Waals surface area contributed by atoms with Crippen molar-refractivity contribution in [3.8, 4) is 11.5 Å². The van der Waals surface area contributed by atoms with Gasteiger partial charge in [0.05, 0.1) is 0 Å². The molecule has 2 heterocycles. The van der Waals surface area contributed by atoms with Crippen LogP contribution in [0.5, 0.6) is 11.5 Å². The Morgan fingerprint density at radius 3 is 2.18 bits per heavy atom. The van der Waals surface area contributed by atoms with Crippen molar-refractivity contribution in [2.75, 3.05) is 13.1 Å². The molecule has 0 amide bonds. The number of aryl methyl sites for hydroxylation is 1. The maximum absolute atomic E-state index is 6.57. The molecule has 180 valence electrons. The summed E-state index contributed by atoms with van der Waals surface area (Å²) < 4.78 is 15.5. The summed E-state index contributed by atoms with van der Waals surface area (Å²) in [6.45, 7) is 17.9. The van der Waals surface area contributed by atoms with Gasteiger partial charge in [0.1, 0.15) is 0 Å². The highest BCUT2D eigenvalue weighted by atomic mass is 32.2. The second kappa shape index (κ2) is 13.5. The van der Waals surface area contributed by atoms with Crippen molar-refractivity contribution >= 4 is 11.9 Å². The Morgan fingerprint density at radius 2 is 1.61 bits per heavy atom. The molecule has 2 aromatic carbocycles. The molecule has 2 aromatic rings. The van der Waals surface area contributed by atoms with E-state index in [1.807, 2.05) is 32.7 Å². The van der Waals surface area contributed by atoms with E-state index in [0.29, 0.717) is 0 Å². The molecule has 4 rings (SSSR count).